The van der Waals surface area contributed by atoms with E-state index in [4.69, 9.17) is 26.8 Å². The number of amides is 1. The topological polar surface area (TPSA) is 76.1 Å². The molecule has 2 aliphatic rings. The lowest BCUT2D eigenvalue weighted by atomic mass is 10.1. The summed E-state index contributed by atoms with van der Waals surface area (Å²) < 4.78 is 25.4. The van der Waals surface area contributed by atoms with Gasteiger partial charge in [-0.15, -0.1) is 0 Å². The molecule has 0 bridgehead atoms. The molecule has 1 aromatic carbocycles. The summed E-state index contributed by atoms with van der Waals surface area (Å²) in [6.07, 6.45) is 3.83. The van der Waals surface area contributed by atoms with Gasteiger partial charge in [0.1, 0.15) is 10.1 Å². The first-order valence-corrected chi connectivity index (χ1v) is 9.35. The van der Waals surface area contributed by atoms with Crippen LogP contribution in [0.2, 0.25) is 0 Å². The number of halogens is 1. The highest BCUT2D eigenvalue weighted by Gasteiger charge is 2.31. The number of carboxylic acids is 1. The van der Waals surface area contributed by atoms with Gasteiger partial charge >= 0.3 is 5.97 Å². The quantitative estimate of drug-likeness (QED) is 0.571. The van der Waals surface area contributed by atoms with Crippen molar-refractivity contribution in [3.8, 4) is 0 Å². The molecule has 0 spiro atoms. The number of carbonyl (C=O) groups is 2. The summed E-state index contributed by atoms with van der Waals surface area (Å²) in [5, 5.41) is 8.75. The van der Waals surface area contributed by atoms with Gasteiger partial charge in [-0.25, -0.2) is 4.39 Å². The summed E-state index contributed by atoms with van der Waals surface area (Å²) in [5.74, 6) is -1.78. The van der Waals surface area contributed by atoms with Crippen LogP contribution in [0.5, 0.6) is 0 Å². The second kappa shape index (κ2) is 8.75. The Morgan fingerprint density at radius 1 is 1.41 bits per heavy atom. The Morgan fingerprint density at radius 3 is 2.85 bits per heavy atom. The van der Waals surface area contributed by atoms with E-state index >= 15 is 0 Å². The van der Waals surface area contributed by atoms with E-state index in [2.05, 4.69) is 0 Å². The van der Waals surface area contributed by atoms with Gasteiger partial charge < -0.3 is 14.6 Å². The molecule has 0 radical (unpaired) electrons. The fraction of sp³-hybridized carbons (Fsp3) is 0.278. The number of carbonyl (C=O) groups excluding carboxylic acids is 1. The molecule has 9 heteroatoms. The average molecular weight is 409 g/mol. The number of nitrogens with zero attached hydrogens (tertiary/aromatic N) is 1. The third kappa shape index (κ3) is 4.62. The molecule has 6 nitrogen and oxygen atoms in total. The van der Waals surface area contributed by atoms with E-state index in [0.717, 1.165) is 11.8 Å². The lowest BCUT2D eigenvalue weighted by Crippen LogP contribution is -2.30. The van der Waals surface area contributed by atoms with E-state index in [1.165, 1.54) is 17.0 Å². The number of benzene rings is 1. The minimum Gasteiger partial charge on any atom is -0.481 e. The summed E-state index contributed by atoms with van der Waals surface area (Å²) in [7, 11) is 0. The molecule has 2 fully saturated rings. The molecule has 1 aromatic rings. The van der Waals surface area contributed by atoms with E-state index in [-0.39, 0.29) is 18.9 Å². The van der Waals surface area contributed by atoms with Crippen LogP contribution >= 0.6 is 24.0 Å². The third-order valence-corrected chi connectivity index (χ3v) is 5.29. The van der Waals surface area contributed by atoms with Gasteiger partial charge in [0, 0.05) is 17.7 Å². The summed E-state index contributed by atoms with van der Waals surface area (Å²) in [6.45, 7) is 0.918. The molecule has 2 saturated heterocycles. The van der Waals surface area contributed by atoms with Crippen LogP contribution in [-0.2, 0) is 19.1 Å². The SMILES string of the molecule is O=C(O)CCN1C(=O)C(=CC=Cc2c(F)cccc2C2OCCO2)SC1=S. The van der Waals surface area contributed by atoms with Gasteiger partial charge in [0.15, 0.2) is 6.29 Å². The van der Waals surface area contributed by atoms with Gasteiger partial charge in [0.2, 0.25) is 0 Å². The van der Waals surface area contributed by atoms with E-state index in [1.807, 2.05) is 0 Å². The maximum absolute atomic E-state index is 14.2. The van der Waals surface area contributed by atoms with Crippen LogP contribution in [0.3, 0.4) is 0 Å². The normalized spacial score (nSPS) is 19.7. The van der Waals surface area contributed by atoms with Crippen molar-refractivity contribution in [2.75, 3.05) is 19.8 Å². The lowest BCUT2D eigenvalue weighted by Gasteiger charge is -2.13. The number of thiocarbonyl (C=S) groups is 1. The Hall–Kier alpha value is -2.07. The Bertz CT molecular complexity index is 833. The van der Waals surface area contributed by atoms with Gasteiger partial charge in [-0.2, -0.15) is 0 Å². The van der Waals surface area contributed by atoms with Gasteiger partial charge in [-0.1, -0.05) is 48.3 Å². The largest absolute Gasteiger partial charge is 0.481 e. The fourth-order valence-electron chi connectivity index (χ4n) is 2.62. The monoisotopic (exact) mass is 409 g/mol. The first-order chi connectivity index (χ1) is 13.0. The zero-order chi connectivity index (χ0) is 19.4. The second-order valence-corrected chi connectivity index (χ2v) is 7.35. The van der Waals surface area contributed by atoms with Crippen molar-refractivity contribution in [1.29, 1.82) is 0 Å². The van der Waals surface area contributed by atoms with Crippen molar-refractivity contribution in [2.45, 2.75) is 12.7 Å². The Kier molecular flexibility index (Phi) is 6.38. The maximum atomic E-state index is 14.2. The first-order valence-electron chi connectivity index (χ1n) is 8.13. The molecule has 0 aromatic heterocycles. The average Bonchev–Trinajstić information content (AvgIpc) is 3.24. The number of ether oxygens (including phenoxy) is 2. The highest BCUT2D eigenvalue weighted by molar-refractivity contribution is 8.26. The number of hydrogen-bond donors (Lipinski definition) is 1. The molecular formula is C18H16FNO5S2. The number of aliphatic carboxylic acids is 1. The van der Waals surface area contributed by atoms with Crippen molar-refractivity contribution in [3.05, 3.63) is 52.2 Å². The summed E-state index contributed by atoms with van der Waals surface area (Å²) >= 11 is 6.21. The predicted octanol–water partition coefficient (Wildman–Crippen LogP) is 3.10. The number of rotatable bonds is 6. The zero-order valence-corrected chi connectivity index (χ0v) is 15.7. The standard InChI is InChI=1S/C18H16FNO5S2/c19-13-5-1-4-12(17-24-9-10-25-17)11(13)3-2-6-14-16(23)20(18(26)27-14)8-7-15(21)22/h1-6,17H,7-10H2,(H,21,22). The molecule has 27 heavy (non-hydrogen) atoms. The van der Waals surface area contributed by atoms with Crippen molar-refractivity contribution in [1.82, 2.24) is 4.90 Å². The molecule has 1 N–H and O–H groups in total. The van der Waals surface area contributed by atoms with E-state index in [9.17, 15) is 14.0 Å². The Labute approximate surface area is 164 Å². The lowest BCUT2D eigenvalue weighted by molar-refractivity contribution is -0.137. The Balaban J connectivity index is 1.76. The molecule has 2 aliphatic heterocycles. The van der Waals surface area contributed by atoms with E-state index in [0.29, 0.717) is 33.6 Å². The second-order valence-electron chi connectivity index (χ2n) is 5.67. The highest BCUT2D eigenvalue weighted by Crippen LogP contribution is 2.32. The summed E-state index contributed by atoms with van der Waals surface area (Å²) in [5.41, 5.74) is 0.896. The van der Waals surface area contributed by atoms with E-state index < -0.39 is 18.1 Å². The zero-order valence-electron chi connectivity index (χ0n) is 14.1. The van der Waals surface area contributed by atoms with Crippen molar-refractivity contribution in [2.24, 2.45) is 0 Å². The van der Waals surface area contributed by atoms with Crippen LogP contribution in [-0.4, -0.2) is 46.0 Å². The van der Waals surface area contributed by atoms with Crippen LogP contribution in [0.1, 0.15) is 23.8 Å². The van der Waals surface area contributed by atoms with Crippen LogP contribution in [0.25, 0.3) is 6.08 Å². The molecule has 3 rings (SSSR count). The third-order valence-electron chi connectivity index (χ3n) is 3.90. The number of thioether (sulfide) groups is 1. The van der Waals surface area contributed by atoms with Crippen LogP contribution in [0, 0.1) is 5.82 Å². The van der Waals surface area contributed by atoms with Crippen LogP contribution < -0.4 is 0 Å². The number of carboxylic acid groups (broad SMARTS) is 1. The number of allylic oxidation sites excluding steroid dienone is 2. The summed E-state index contributed by atoms with van der Waals surface area (Å²) in [6, 6.07) is 4.65. The molecule has 142 valence electrons. The molecule has 0 saturated carbocycles. The van der Waals surface area contributed by atoms with Gasteiger partial charge in [-0.3, -0.25) is 14.5 Å². The fourth-order valence-corrected chi connectivity index (χ4v) is 3.88. The van der Waals surface area contributed by atoms with Crippen molar-refractivity contribution in [3.63, 3.8) is 0 Å². The molecule has 1 amide bonds. The molecule has 0 aliphatic carbocycles. The smallest absolute Gasteiger partial charge is 0.305 e. The van der Waals surface area contributed by atoms with Crippen molar-refractivity contribution >= 4 is 46.3 Å². The summed E-state index contributed by atoms with van der Waals surface area (Å²) in [4.78, 5) is 24.6. The van der Waals surface area contributed by atoms with Gasteiger partial charge in [-0.05, 0) is 12.1 Å². The molecule has 0 unspecified atom stereocenters. The molecule has 2 heterocycles. The van der Waals surface area contributed by atoms with Crippen molar-refractivity contribution < 1.29 is 28.6 Å². The molecule has 0 atom stereocenters. The minimum atomic E-state index is -1.00. The molecular weight excluding hydrogens is 393 g/mol. The number of hydrogen-bond acceptors (Lipinski definition) is 6. The van der Waals surface area contributed by atoms with Crippen LogP contribution in [0.15, 0.2) is 35.3 Å². The van der Waals surface area contributed by atoms with Gasteiger partial charge in [0.05, 0.1) is 24.5 Å². The predicted molar refractivity (Wildman–Crippen MR) is 102 cm³/mol. The highest BCUT2D eigenvalue weighted by atomic mass is 32.2. The first kappa shape index (κ1) is 19.7. The minimum absolute atomic E-state index is 0.0227. The Morgan fingerprint density at radius 2 is 2.15 bits per heavy atom. The maximum Gasteiger partial charge on any atom is 0.305 e. The van der Waals surface area contributed by atoms with E-state index in [1.54, 1.807) is 24.3 Å². The van der Waals surface area contributed by atoms with Crippen LogP contribution in [0.4, 0.5) is 4.39 Å². The van der Waals surface area contributed by atoms with Gasteiger partial charge in [0.25, 0.3) is 5.91 Å².